The third kappa shape index (κ3) is 4.10. The van der Waals surface area contributed by atoms with E-state index in [1.807, 2.05) is 45.0 Å². The fourth-order valence-corrected chi connectivity index (χ4v) is 2.05. The van der Waals surface area contributed by atoms with Gasteiger partial charge in [-0.1, -0.05) is 51.1 Å². The first-order valence-electron chi connectivity index (χ1n) is 7.49. The average Bonchev–Trinajstić information content (AvgIpc) is 2.94. The number of rotatable bonds is 5. The number of carbonyl (C=O) groups excluding carboxylic acids is 1. The van der Waals surface area contributed by atoms with E-state index in [9.17, 15) is 4.79 Å². The molecule has 2 aromatic rings. The van der Waals surface area contributed by atoms with Gasteiger partial charge in [0.15, 0.2) is 0 Å². The number of para-hydroxylation sites is 1. The molecular weight excluding hydrogens is 278 g/mol. The molecule has 0 bridgehead atoms. The predicted octanol–water partition coefficient (Wildman–Crippen LogP) is 3.59. The number of benzene rings is 1. The highest BCUT2D eigenvalue weighted by atomic mass is 16.5. The zero-order chi connectivity index (χ0) is 16.2. The number of amides is 1. The summed E-state index contributed by atoms with van der Waals surface area (Å²) in [5.74, 6) is 0.211. The molecule has 0 spiro atoms. The van der Waals surface area contributed by atoms with Crippen molar-refractivity contribution in [3.63, 3.8) is 0 Å². The van der Waals surface area contributed by atoms with Crippen LogP contribution in [0.2, 0.25) is 0 Å². The van der Waals surface area contributed by atoms with E-state index in [1.54, 1.807) is 6.07 Å². The Balaban J connectivity index is 1.92. The van der Waals surface area contributed by atoms with E-state index in [-0.39, 0.29) is 17.9 Å². The third-order valence-corrected chi connectivity index (χ3v) is 3.38. The van der Waals surface area contributed by atoms with Gasteiger partial charge in [-0.15, -0.1) is 0 Å². The van der Waals surface area contributed by atoms with E-state index in [4.69, 9.17) is 4.52 Å². The molecular formula is C17H23N3O2. The second-order valence-corrected chi connectivity index (χ2v) is 6.24. The Hall–Kier alpha value is -2.30. The molecule has 1 heterocycles. The molecule has 0 atom stereocenters. The maximum atomic E-state index is 12.0. The van der Waals surface area contributed by atoms with Gasteiger partial charge in [-0.3, -0.25) is 10.1 Å². The van der Waals surface area contributed by atoms with E-state index < -0.39 is 0 Å². The van der Waals surface area contributed by atoms with Gasteiger partial charge in [-0.25, -0.2) is 0 Å². The van der Waals surface area contributed by atoms with Crippen LogP contribution in [0.1, 0.15) is 39.0 Å². The normalized spacial score (nSPS) is 11.3. The van der Waals surface area contributed by atoms with Crippen LogP contribution in [-0.4, -0.2) is 17.6 Å². The Morgan fingerprint density at radius 3 is 2.64 bits per heavy atom. The van der Waals surface area contributed by atoms with Crippen molar-refractivity contribution in [2.24, 2.45) is 0 Å². The largest absolute Gasteiger partial charge is 0.376 e. The fourth-order valence-electron chi connectivity index (χ4n) is 2.05. The lowest BCUT2D eigenvalue weighted by molar-refractivity contribution is -0.114. The molecule has 1 aromatic heterocycles. The monoisotopic (exact) mass is 301 g/mol. The van der Waals surface area contributed by atoms with E-state index >= 15 is 0 Å². The molecule has 0 fully saturated rings. The van der Waals surface area contributed by atoms with Crippen molar-refractivity contribution >= 4 is 17.5 Å². The lowest BCUT2D eigenvalue weighted by Gasteiger charge is -2.12. The summed E-state index contributed by atoms with van der Waals surface area (Å²) in [4.78, 5) is 12.0. The summed E-state index contributed by atoms with van der Waals surface area (Å²) in [5.41, 5.74) is 2.87. The Labute approximate surface area is 131 Å². The molecule has 0 radical (unpaired) electrons. The Kier molecular flexibility index (Phi) is 4.85. The summed E-state index contributed by atoms with van der Waals surface area (Å²) in [5, 5.41) is 9.83. The summed E-state index contributed by atoms with van der Waals surface area (Å²) in [7, 11) is 0. The van der Waals surface area contributed by atoms with Crippen molar-refractivity contribution in [1.29, 1.82) is 0 Å². The van der Waals surface area contributed by atoms with Crippen LogP contribution < -0.4 is 10.6 Å². The van der Waals surface area contributed by atoms with E-state index in [0.717, 1.165) is 17.8 Å². The highest BCUT2D eigenvalue weighted by molar-refractivity contribution is 5.92. The van der Waals surface area contributed by atoms with Gasteiger partial charge in [0, 0.05) is 17.2 Å². The van der Waals surface area contributed by atoms with Crippen molar-refractivity contribution in [2.45, 2.75) is 39.5 Å². The van der Waals surface area contributed by atoms with Crippen LogP contribution in [-0.2, 0) is 16.6 Å². The zero-order valence-corrected chi connectivity index (χ0v) is 13.6. The second kappa shape index (κ2) is 6.64. The minimum atomic E-state index is -0.164. The van der Waals surface area contributed by atoms with Gasteiger partial charge in [0.05, 0.1) is 12.2 Å². The first kappa shape index (κ1) is 16.1. The predicted molar refractivity (Wildman–Crippen MR) is 88.1 cm³/mol. The topological polar surface area (TPSA) is 67.2 Å². The molecule has 0 unspecified atom stereocenters. The van der Waals surface area contributed by atoms with Crippen molar-refractivity contribution in [2.75, 3.05) is 17.2 Å². The molecule has 0 saturated heterocycles. The minimum absolute atomic E-state index is 0.106. The number of anilines is 2. The van der Waals surface area contributed by atoms with Gasteiger partial charge in [0.1, 0.15) is 0 Å². The molecule has 0 aliphatic carbocycles. The van der Waals surface area contributed by atoms with Crippen LogP contribution in [0.3, 0.4) is 0 Å². The van der Waals surface area contributed by atoms with Crippen molar-refractivity contribution in [3.05, 3.63) is 41.6 Å². The van der Waals surface area contributed by atoms with Crippen LogP contribution in [0.5, 0.6) is 0 Å². The minimum Gasteiger partial charge on any atom is -0.376 e. The van der Waals surface area contributed by atoms with Crippen LogP contribution in [0.15, 0.2) is 34.9 Å². The molecule has 0 aliphatic heterocycles. The lowest BCUT2D eigenvalue weighted by atomic mass is 9.92. The number of hydrogen-bond donors (Lipinski definition) is 2. The highest BCUT2D eigenvalue weighted by Gasteiger charge is 2.19. The fraction of sp³-hybridized carbons (Fsp3) is 0.412. The van der Waals surface area contributed by atoms with Gasteiger partial charge >= 0.3 is 0 Å². The molecule has 5 nitrogen and oxygen atoms in total. The van der Waals surface area contributed by atoms with Gasteiger partial charge in [-0.05, 0) is 18.1 Å². The molecule has 22 heavy (non-hydrogen) atoms. The van der Waals surface area contributed by atoms with E-state index in [0.29, 0.717) is 5.88 Å². The number of hydrogen-bond acceptors (Lipinski definition) is 4. The van der Waals surface area contributed by atoms with Crippen molar-refractivity contribution < 1.29 is 9.32 Å². The number of aryl methyl sites for hydroxylation is 1. The summed E-state index contributed by atoms with van der Waals surface area (Å²) >= 11 is 0. The highest BCUT2D eigenvalue weighted by Crippen LogP contribution is 2.23. The Morgan fingerprint density at radius 2 is 2.00 bits per heavy atom. The summed E-state index contributed by atoms with van der Waals surface area (Å²) in [6.45, 7) is 8.39. The van der Waals surface area contributed by atoms with Crippen LogP contribution in [0, 0.1) is 0 Å². The third-order valence-electron chi connectivity index (χ3n) is 3.38. The van der Waals surface area contributed by atoms with Gasteiger partial charge in [0.25, 0.3) is 0 Å². The van der Waals surface area contributed by atoms with Gasteiger partial charge in [0.2, 0.25) is 11.8 Å². The molecule has 118 valence electrons. The number of aromatic nitrogens is 1. The quantitative estimate of drug-likeness (QED) is 0.885. The molecule has 2 N–H and O–H groups in total. The maximum Gasteiger partial charge on any atom is 0.246 e. The molecule has 2 rings (SSSR count). The lowest BCUT2D eigenvalue weighted by Crippen LogP contribution is -2.22. The molecule has 5 heteroatoms. The number of nitrogens with zero attached hydrogens (tertiary/aromatic N) is 1. The molecule has 0 aliphatic rings. The molecule has 1 aromatic carbocycles. The smallest absolute Gasteiger partial charge is 0.246 e. The standard InChI is InChI=1S/C17H23N3O2/c1-5-12-8-6-7-9-13(12)18-11-15(21)19-16-10-14(20-22-16)17(2,3)4/h6-10,18H,5,11H2,1-4H3,(H,19,21). The number of nitrogens with one attached hydrogen (secondary N) is 2. The summed E-state index contributed by atoms with van der Waals surface area (Å²) < 4.78 is 5.15. The number of carbonyl (C=O) groups is 1. The first-order chi connectivity index (χ1) is 10.4. The van der Waals surface area contributed by atoms with Crippen molar-refractivity contribution in [3.8, 4) is 0 Å². The average molecular weight is 301 g/mol. The molecule has 0 saturated carbocycles. The van der Waals surface area contributed by atoms with E-state index in [1.165, 1.54) is 5.56 Å². The van der Waals surface area contributed by atoms with E-state index in [2.05, 4.69) is 22.7 Å². The zero-order valence-electron chi connectivity index (χ0n) is 13.6. The van der Waals surface area contributed by atoms with Gasteiger partial charge < -0.3 is 9.84 Å². The van der Waals surface area contributed by atoms with Crippen molar-refractivity contribution in [1.82, 2.24) is 5.16 Å². The van der Waals surface area contributed by atoms with Crippen LogP contribution >= 0.6 is 0 Å². The SMILES string of the molecule is CCc1ccccc1NCC(=O)Nc1cc(C(C)(C)C)no1. The summed E-state index contributed by atoms with van der Waals surface area (Å²) in [6.07, 6.45) is 0.918. The van der Waals surface area contributed by atoms with Crippen LogP contribution in [0.25, 0.3) is 0 Å². The Morgan fingerprint density at radius 1 is 1.27 bits per heavy atom. The maximum absolute atomic E-state index is 12.0. The Bertz CT molecular complexity index is 641. The van der Waals surface area contributed by atoms with Gasteiger partial charge in [-0.2, -0.15) is 0 Å². The molecule has 1 amide bonds. The summed E-state index contributed by atoms with van der Waals surface area (Å²) in [6, 6.07) is 9.72. The second-order valence-electron chi connectivity index (χ2n) is 6.24. The van der Waals surface area contributed by atoms with Crippen LogP contribution in [0.4, 0.5) is 11.6 Å². The first-order valence-corrected chi connectivity index (χ1v) is 7.49.